The first-order chi connectivity index (χ1) is 17.4. The van der Waals surface area contributed by atoms with Gasteiger partial charge in [0.2, 0.25) is 5.75 Å². The van der Waals surface area contributed by atoms with Crippen molar-refractivity contribution in [1.29, 1.82) is 0 Å². The maximum absolute atomic E-state index is 5.78. The van der Waals surface area contributed by atoms with E-state index in [0.717, 1.165) is 80.8 Å². The number of aliphatic imine (C=N–C) groups is 1. The van der Waals surface area contributed by atoms with Gasteiger partial charge in [-0.15, -0.1) is 0 Å². The topological polar surface area (TPSA) is 49.8 Å². The van der Waals surface area contributed by atoms with Crippen molar-refractivity contribution in [3.8, 4) is 17.2 Å². The summed E-state index contributed by atoms with van der Waals surface area (Å²) in [6, 6.07) is 2.05. The zero-order chi connectivity index (χ0) is 25.7. The van der Waals surface area contributed by atoms with E-state index in [1.807, 2.05) is 11.8 Å². The number of rotatable bonds is 9. The van der Waals surface area contributed by atoms with Crippen LogP contribution in [0.25, 0.3) is 0 Å². The molecule has 1 unspecified atom stereocenters. The summed E-state index contributed by atoms with van der Waals surface area (Å²) >= 11 is 1.86. The van der Waals surface area contributed by atoms with E-state index >= 15 is 0 Å². The summed E-state index contributed by atoms with van der Waals surface area (Å²) in [5.74, 6) is 3.47. The predicted octanol–water partition coefficient (Wildman–Crippen LogP) is 4.80. The third-order valence-corrected chi connectivity index (χ3v) is 8.41. The van der Waals surface area contributed by atoms with Gasteiger partial charge in [0.25, 0.3) is 0 Å². The van der Waals surface area contributed by atoms with E-state index < -0.39 is 0 Å². The summed E-state index contributed by atoms with van der Waals surface area (Å²) in [6.07, 6.45) is 6.94. The Morgan fingerprint density at radius 2 is 1.75 bits per heavy atom. The Hall–Kier alpha value is -2.16. The van der Waals surface area contributed by atoms with Crippen molar-refractivity contribution in [2.24, 2.45) is 10.9 Å². The van der Waals surface area contributed by atoms with Crippen molar-refractivity contribution in [1.82, 2.24) is 14.7 Å². The van der Waals surface area contributed by atoms with Gasteiger partial charge in [0.05, 0.1) is 21.3 Å². The van der Waals surface area contributed by atoms with Crippen LogP contribution in [-0.2, 0) is 6.54 Å². The molecule has 2 aliphatic heterocycles. The molecule has 0 N–H and O–H groups in total. The SMILES string of the molecule is COc1cc2c(c(OC)c1OC)N=C(SCC1C=C(C)C=C(C)C1)N(CCCN1CCN(C)CC1)C2. The van der Waals surface area contributed by atoms with Crippen LogP contribution in [0, 0.1) is 5.92 Å². The van der Waals surface area contributed by atoms with Crippen LogP contribution in [0.4, 0.5) is 5.69 Å². The molecule has 8 heteroatoms. The highest BCUT2D eigenvalue weighted by Gasteiger charge is 2.28. The molecular formula is C28H42N4O3S. The quantitative estimate of drug-likeness (QED) is 0.469. The minimum Gasteiger partial charge on any atom is -0.493 e. The summed E-state index contributed by atoms with van der Waals surface area (Å²) in [4.78, 5) is 12.6. The third-order valence-electron chi connectivity index (χ3n) is 7.20. The number of hydrogen-bond donors (Lipinski definition) is 0. The van der Waals surface area contributed by atoms with Crippen LogP contribution in [0.15, 0.2) is 34.4 Å². The van der Waals surface area contributed by atoms with E-state index in [9.17, 15) is 0 Å². The maximum Gasteiger partial charge on any atom is 0.205 e. The van der Waals surface area contributed by atoms with Gasteiger partial charge in [-0.05, 0) is 52.3 Å². The van der Waals surface area contributed by atoms with Crippen molar-refractivity contribution < 1.29 is 14.2 Å². The highest BCUT2D eigenvalue weighted by molar-refractivity contribution is 8.13. The normalized spacial score (nSPS) is 20.9. The van der Waals surface area contributed by atoms with E-state index in [1.165, 1.54) is 11.1 Å². The lowest BCUT2D eigenvalue weighted by atomic mass is 9.93. The van der Waals surface area contributed by atoms with Gasteiger partial charge in [-0.1, -0.05) is 35.1 Å². The number of piperazine rings is 1. The monoisotopic (exact) mass is 514 g/mol. The Morgan fingerprint density at radius 3 is 2.42 bits per heavy atom. The Balaban J connectivity index is 1.53. The second kappa shape index (κ2) is 12.4. The summed E-state index contributed by atoms with van der Waals surface area (Å²) in [5.41, 5.74) is 4.79. The second-order valence-corrected chi connectivity index (χ2v) is 11.1. The molecule has 0 saturated carbocycles. The van der Waals surface area contributed by atoms with E-state index in [1.54, 1.807) is 21.3 Å². The first kappa shape index (κ1) is 26.9. The van der Waals surface area contributed by atoms with Gasteiger partial charge in [0, 0.05) is 50.6 Å². The number of allylic oxidation sites excluding steroid dienone is 4. The highest BCUT2D eigenvalue weighted by Crippen LogP contribution is 2.49. The van der Waals surface area contributed by atoms with Crippen LogP contribution >= 0.6 is 11.8 Å². The van der Waals surface area contributed by atoms with Gasteiger partial charge in [0.15, 0.2) is 16.7 Å². The van der Waals surface area contributed by atoms with Gasteiger partial charge >= 0.3 is 0 Å². The molecule has 3 aliphatic rings. The number of likely N-dealkylation sites (N-methyl/N-ethyl adjacent to an activating group) is 1. The molecule has 0 aromatic heterocycles. The van der Waals surface area contributed by atoms with Gasteiger partial charge in [-0.3, -0.25) is 0 Å². The first-order valence-corrected chi connectivity index (χ1v) is 13.9. The van der Waals surface area contributed by atoms with Crippen LogP contribution in [0.2, 0.25) is 0 Å². The molecule has 1 aliphatic carbocycles. The summed E-state index contributed by atoms with van der Waals surface area (Å²) in [7, 11) is 7.20. The van der Waals surface area contributed by atoms with Crippen molar-refractivity contribution in [2.75, 3.05) is 73.4 Å². The molecule has 4 rings (SSSR count). The molecular weight excluding hydrogens is 472 g/mol. The Kier molecular flexibility index (Phi) is 9.25. The molecule has 2 heterocycles. The third kappa shape index (κ3) is 6.39. The maximum atomic E-state index is 5.78. The fourth-order valence-electron chi connectivity index (χ4n) is 5.36. The van der Waals surface area contributed by atoms with Crippen LogP contribution in [-0.4, -0.2) is 93.3 Å². The number of ether oxygens (including phenoxy) is 3. The lowest BCUT2D eigenvalue weighted by Gasteiger charge is -2.34. The molecule has 1 aromatic rings. The highest BCUT2D eigenvalue weighted by atomic mass is 32.2. The summed E-state index contributed by atoms with van der Waals surface area (Å²) in [6.45, 7) is 12.0. The van der Waals surface area contributed by atoms with Crippen LogP contribution in [0.5, 0.6) is 17.2 Å². The standard InChI is InChI=1S/C28H42N4O3S/c1-20-14-21(2)16-22(15-20)19-36-28-29-25-23(17-24(33-4)26(34-5)27(25)35-6)18-32(28)9-7-8-31-12-10-30(3)11-13-31/h14-15,17,22H,7-13,16,18-19H2,1-6H3. The van der Waals surface area contributed by atoms with Gasteiger partial charge < -0.3 is 28.9 Å². The van der Waals surface area contributed by atoms with E-state index in [-0.39, 0.29) is 0 Å². The lowest BCUT2D eigenvalue weighted by Crippen LogP contribution is -2.45. The number of methoxy groups -OCH3 is 3. The largest absolute Gasteiger partial charge is 0.493 e. The minimum atomic E-state index is 0.531. The first-order valence-electron chi connectivity index (χ1n) is 13.0. The molecule has 7 nitrogen and oxygen atoms in total. The van der Waals surface area contributed by atoms with Crippen LogP contribution in [0.3, 0.4) is 0 Å². The summed E-state index contributed by atoms with van der Waals surface area (Å²) < 4.78 is 17.1. The average Bonchev–Trinajstić information content (AvgIpc) is 2.86. The Labute approximate surface area is 221 Å². The van der Waals surface area contributed by atoms with Crippen LogP contribution in [0.1, 0.15) is 32.3 Å². The number of nitrogens with zero attached hydrogens (tertiary/aromatic N) is 4. The van der Waals surface area contributed by atoms with Gasteiger partial charge in [-0.2, -0.15) is 0 Å². The Bertz CT molecular complexity index is 1010. The van der Waals surface area contributed by atoms with Gasteiger partial charge in [-0.25, -0.2) is 4.99 Å². The van der Waals surface area contributed by atoms with E-state index in [4.69, 9.17) is 19.2 Å². The zero-order valence-electron chi connectivity index (χ0n) is 22.8. The van der Waals surface area contributed by atoms with E-state index in [2.05, 4.69) is 53.8 Å². The zero-order valence-corrected chi connectivity index (χ0v) is 23.6. The molecule has 0 spiro atoms. The number of benzene rings is 1. The number of thioether (sulfide) groups is 1. The number of hydrogen-bond acceptors (Lipinski definition) is 8. The molecule has 36 heavy (non-hydrogen) atoms. The molecule has 1 atom stereocenters. The molecule has 1 aromatic carbocycles. The smallest absolute Gasteiger partial charge is 0.205 e. The molecule has 0 bridgehead atoms. The molecule has 1 fully saturated rings. The molecule has 0 radical (unpaired) electrons. The van der Waals surface area contributed by atoms with Crippen molar-refractivity contribution in [3.05, 3.63) is 34.9 Å². The Morgan fingerprint density at radius 1 is 1.00 bits per heavy atom. The molecule has 198 valence electrons. The number of amidine groups is 1. The minimum absolute atomic E-state index is 0.531. The van der Waals surface area contributed by atoms with E-state index in [0.29, 0.717) is 23.2 Å². The second-order valence-electron chi connectivity index (χ2n) is 10.1. The predicted molar refractivity (Wildman–Crippen MR) is 150 cm³/mol. The fraction of sp³-hybridized carbons (Fsp3) is 0.607. The lowest BCUT2D eigenvalue weighted by molar-refractivity contribution is 0.150. The fourth-order valence-corrected chi connectivity index (χ4v) is 6.43. The summed E-state index contributed by atoms with van der Waals surface area (Å²) in [5, 5.41) is 1.07. The van der Waals surface area contributed by atoms with Gasteiger partial charge in [0.1, 0.15) is 5.69 Å². The average molecular weight is 515 g/mol. The number of fused-ring (bicyclic) bond motifs is 1. The van der Waals surface area contributed by atoms with Crippen molar-refractivity contribution in [2.45, 2.75) is 33.2 Å². The van der Waals surface area contributed by atoms with Crippen molar-refractivity contribution >= 4 is 22.6 Å². The molecule has 1 saturated heterocycles. The molecule has 0 amide bonds. The van der Waals surface area contributed by atoms with Crippen LogP contribution < -0.4 is 14.2 Å². The van der Waals surface area contributed by atoms with Crippen molar-refractivity contribution in [3.63, 3.8) is 0 Å².